The van der Waals surface area contributed by atoms with Gasteiger partial charge >= 0.3 is 0 Å². The van der Waals surface area contributed by atoms with Crippen LogP contribution in [0.2, 0.25) is 0 Å². The highest BCUT2D eigenvalue weighted by Crippen LogP contribution is 2.33. The monoisotopic (exact) mass is 141 g/mol. The molecule has 0 amide bonds. The van der Waals surface area contributed by atoms with Crippen LogP contribution in [0.4, 0.5) is 0 Å². The van der Waals surface area contributed by atoms with Crippen molar-refractivity contribution in [2.75, 3.05) is 13.7 Å². The molecule has 1 saturated carbocycles. The average Bonchev–Trinajstić information content (AvgIpc) is 2.44. The van der Waals surface area contributed by atoms with Crippen LogP contribution < -0.4 is 5.32 Å². The van der Waals surface area contributed by atoms with Crippen LogP contribution in [0, 0.1) is 5.92 Å². The van der Waals surface area contributed by atoms with Crippen molar-refractivity contribution in [3.63, 3.8) is 0 Å². The Bertz CT molecular complexity index is 126. The minimum atomic E-state index is 0.507. The number of fused-ring (bicyclic) bond motifs is 1. The average molecular weight is 141 g/mol. The number of nitrogens with one attached hydrogen (secondary N) is 1. The lowest BCUT2D eigenvalue weighted by atomic mass is 10.0. The summed E-state index contributed by atoms with van der Waals surface area (Å²) in [5, 5.41) is 3.49. The molecule has 10 heavy (non-hydrogen) atoms. The van der Waals surface area contributed by atoms with Crippen LogP contribution in [-0.2, 0) is 4.74 Å². The first-order valence-corrected chi connectivity index (χ1v) is 4.18. The number of ether oxygens (including phenoxy) is 1. The third kappa shape index (κ3) is 0.867. The molecule has 0 aromatic rings. The molecule has 2 nitrogen and oxygen atoms in total. The van der Waals surface area contributed by atoms with E-state index in [2.05, 4.69) is 5.32 Å². The Morgan fingerprint density at radius 3 is 3.00 bits per heavy atom. The van der Waals surface area contributed by atoms with Crippen LogP contribution in [-0.4, -0.2) is 25.8 Å². The van der Waals surface area contributed by atoms with Gasteiger partial charge in [-0.1, -0.05) is 0 Å². The molecule has 0 spiro atoms. The van der Waals surface area contributed by atoms with E-state index < -0.39 is 0 Å². The van der Waals surface area contributed by atoms with Gasteiger partial charge in [0.15, 0.2) is 0 Å². The Labute approximate surface area is 61.9 Å². The fourth-order valence-electron chi connectivity index (χ4n) is 2.36. The summed E-state index contributed by atoms with van der Waals surface area (Å²) in [6.45, 7) is 1.20. The number of methoxy groups -OCH3 is 1. The van der Waals surface area contributed by atoms with E-state index in [9.17, 15) is 0 Å². The van der Waals surface area contributed by atoms with Gasteiger partial charge < -0.3 is 10.1 Å². The van der Waals surface area contributed by atoms with Crippen LogP contribution in [0.25, 0.3) is 0 Å². The smallest absolute Gasteiger partial charge is 0.0727 e. The van der Waals surface area contributed by atoms with E-state index in [1.54, 1.807) is 0 Å². The Hall–Kier alpha value is -0.0800. The highest BCUT2D eigenvalue weighted by atomic mass is 16.5. The molecular formula is C8H15NO. The first-order valence-electron chi connectivity index (χ1n) is 4.18. The van der Waals surface area contributed by atoms with E-state index >= 15 is 0 Å². The van der Waals surface area contributed by atoms with E-state index in [-0.39, 0.29) is 0 Å². The van der Waals surface area contributed by atoms with Crippen LogP contribution in [0.1, 0.15) is 19.3 Å². The normalized spacial score (nSPS) is 45.9. The lowest BCUT2D eigenvalue weighted by Crippen LogP contribution is -2.34. The van der Waals surface area contributed by atoms with Crippen molar-refractivity contribution in [3.8, 4) is 0 Å². The molecule has 0 aromatic carbocycles. The molecule has 1 saturated heterocycles. The van der Waals surface area contributed by atoms with Gasteiger partial charge in [0.1, 0.15) is 0 Å². The standard InChI is InChI=1S/C8H15NO/c1-10-7-3-2-6-4-5-9-8(6)7/h6-9H,2-5H2,1H3/t6-,7?,8+/m1/s1. The molecule has 1 heterocycles. The third-order valence-corrected chi connectivity index (χ3v) is 2.93. The highest BCUT2D eigenvalue weighted by molar-refractivity contribution is 4.95. The zero-order valence-electron chi connectivity index (χ0n) is 6.47. The van der Waals surface area contributed by atoms with Crippen molar-refractivity contribution in [3.05, 3.63) is 0 Å². The van der Waals surface area contributed by atoms with E-state index in [4.69, 9.17) is 4.74 Å². The van der Waals surface area contributed by atoms with Gasteiger partial charge in [-0.25, -0.2) is 0 Å². The molecule has 3 atom stereocenters. The fourth-order valence-corrected chi connectivity index (χ4v) is 2.36. The van der Waals surface area contributed by atoms with Crippen molar-refractivity contribution in [1.29, 1.82) is 0 Å². The second-order valence-corrected chi connectivity index (χ2v) is 3.38. The minimum absolute atomic E-state index is 0.507. The third-order valence-electron chi connectivity index (χ3n) is 2.93. The number of hydrogen-bond acceptors (Lipinski definition) is 2. The van der Waals surface area contributed by atoms with Gasteiger partial charge in [0, 0.05) is 13.2 Å². The molecule has 2 aliphatic rings. The van der Waals surface area contributed by atoms with E-state index in [1.807, 2.05) is 7.11 Å². The van der Waals surface area contributed by atoms with Gasteiger partial charge in [0.25, 0.3) is 0 Å². The zero-order valence-corrected chi connectivity index (χ0v) is 6.47. The van der Waals surface area contributed by atoms with Crippen LogP contribution >= 0.6 is 0 Å². The summed E-state index contributed by atoms with van der Waals surface area (Å²) in [5.74, 6) is 0.921. The minimum Gasteiger partial charge on any atom is -0.380 e. The van der Waals surface area contributed by atoms with Gasteiger partial charge in [-0.05, 0) is 31.7 Å². The van der Waals surface area contributed by atoms with Gasteiger partial charge in [-0.2, -0.15) is 0 Å². The molecule has 58 valence electrons. The molecule has 0 bridgehead atoms. The Balaban J connectivity index is 2.01. The second-order valence-electron chi connectivity index (χ2n) is 3.38. The lowest BCUT2D eigenvalue weighted by molar-refractivity contribution is 0.0861. The van der Waals surface area contributed by atoms with Crippen molar-refractivity contribution in [2.24, 2.45) is 5.92 Å². The first-order chi connectivity index (χ1) is 4.92. The summed E-state index contributed by atoms with van der Waals surface area (Å²) in [5.41, 5.74) is 0. The highest BCUT2D eigenvalue weighted by Gasteiger charge is 2.38. The summed E-state index contributed by atoms with van der Waals surface area (Å²) in [7, 11) is 1.83. The molecular weight excluding hydrogens is 126 g/mol. The number of rotatable bonds is 1. The molecule has 1 unspecified atom stereocenters. The predicted molar refractivity (Wildman–Crippen MR) is 39.9 cm³/mol. The van der Waals surface area contributed by atoms with E-state index in [0.29, 0.717) is 12.1 Å². The van der Waals surface area contributed by atoms with Crippen molar-refractivity contribution < 1.29 is 4.74 Å². The summed E-state index contributed by atoms with van der Waals surface area (Å²) >= 11 is 0. The summed E-state index contributed by atoms with van der Waals surface area (Å²) < 4.78 is 5.36. The van der Waals surface area contributed by atoms with Crippen LogP contribution in [0.15, 0.2) is 0 Å². The summed E-state index contributed by atoms with van der Waals surface area (Å²) in [6, 6.07) is 0.685. The Kier molecular flexibility index (Phi) is 1.66. The first kappa shape index (κ1) is 6.62. The van der Waals surface area contributed by atoms with Gasteiger partial charge in [0.2, 0.25) is 0 Å². The maximum Gasteiger partial charge on any atom is 0.0727 e. The van der Waals surface area contributed by atoms with Crippen LogP contribution in [0.5, 0.6) is 0 Å². The van der Waals surface area contributed by atoms with Gasteiger partial charge in [-0.15, -0.1) is 0 Å². The maximum absolute atomic E-state index is 5.36. The van der Waals surface area contributed by atoms with E-state index in [1.165, 1.54) is 25.8 Å². The molecule has 1 aliphatic heterocycles. The second kappa shape index (κ2) is 2.51. The maximum atomic E-state index is 5.36. The molecule has 1 aliphatic carbocycles. The molecule has 2 rings (SSSR count). The Morgan fingerprint density at radius 1 is 1.30 bits per heavy atom. The summed E-state index contributed by atoms with van der Waals surface area (Å²) in [6.07, 6.45) is 4.51. The molecule has 1 N–H and O–H groups in total. The fraction of sp³-hybridized carbons (Fsp3) is 1.00. The topological polar surface area (TPSA) is 21.3 Å². The molecule has 0 aromatic heterocycles. The van der Waals surface area contributed by atoms with Gasteiger partial charge in [-0.3, -0.25) is 0 Å². The quantitative estimate of drug-likeness (QED) is 0.582. The molecule has 0 radical (unpaired) electrons. The lowest BCUT2D eigenvalue weighted by Gasteiger charge is -2.16. The van der Waals surface area contributed by atoms with Crippen molar-refractivity contribution in [1.82, 2.24) is 5.32 Å². The molecule has 2 fully saturated rings. The SMILES string of the molecule is COC1CC[C@@H]2CCN[C@H]12. The molecule has 2 heteroatoms. The summed E-state index contributed by atoms with van der Waals surface area (Å²) in [4.78, 5) is 0. The van der Waals surface area contributed by atoms with E-state index in [0.717, 1.165) is 5.92 Å². The number of hydrogen-bond donors (Lipinski definition) is 1. The Morgan fingerprint density at radius 2 is 2.20 bits per heavy atom. The van der Waals surface area contributed by atoms with Crippen molar-refractivity contribution >= 4 is 0 Å². The zero-order chi connectivity index (χ0) is 6.97. The predicted octanol–water partition coefficient (Wildman–Crippen LogP) is 0.773. The van der Waals surface area contributed by atoms with Gasteiger partial charge in [0.05, 0.1) is 6.10 Å². The van der Waals surface area contributed by atoms with Crippen molar-refractivity contribution in [2.45, 2.75) is 31.4 Å². The van der Waals surface area contributed by atoms with Crippen LogP contribution in [0.3, 0.4) is 0 Å². The largest absolute Gasteiger partial charge is 0.380 e.